The first-order valence-corrected chi connectivity index (χ1v) is 8.03. The van der Waals surface area contributed by atoms with E-state index in [0.717, 1.165) is 36.4 Å². The SMILES string of the molecule is Cc1noc(C)c1CC(C)NC(=O)N1CCCC(C(C)O)C1. The highest BCUT2D eigenvalue weighted by Gasteiger charge is 2.27. The Bertz CT molecular complexity index is 493. The Morgan fingerprint density at radius 3 is 2.82 bits per heavy atom. The van der Waals surface area contributed by atoms with E-state index in [1.54, 1.807) is 6.92 Å². The number of aromatic nitrogens is 1. The fourth-order valence-corrected chi connectivity index (χ4v) is 3.04. The monoisotopic (exact) mass is 309 g/mol. The highest BCUT2D eigenvalue weighted by atomic mass is 16.5. The summed E-state index contributed by atoms with van der Waals surface area (Å²) in [6, 6.07) is -0.0409. The number of aryl methyl sites for hydroxylation is 2. The van der Waals surface area contributed by atoms with E-state index in [1.807, 2.05) is 25.7 Å². The number of carbonyl (C=O) groups excluding carboxylic acids is 1. The van der Waals surface area contributed by atoms with Crippen molar-refractivity contribution < 1.29 is 14.4 Å². The molecule has 3 atom stereocenters. The molecule has 2 N–H and O–H groups in total. The van der Waals surface area contributed by atoms with E-state index in [1.165, 1.54) is 0 Å². The highest BCUT2D eigenvalue weighted by molar-refractivity contribution is 5.74. The van der Waals surface area contributed by atoms with Crippen LogP contribution in [0, 0.1) is 19.8 Å². The molecule has 1 aliphatic rings. The molecule has 2 rings (SSSR count). The van der Waals surface area contributed by atoms with Gasteiger partial charge in [0.25, 0.3) is 0 Å². The second-order valence-corrected chi connectivity index (χ2v) is 6.45. The standard InChI is InChI=1S/C16H27N3O3/c1-10(8-15-11(2)18-22-13(15)4)17-16(21)19-7-5-6-14(9-19)12(3)20/h10,12,14,20H,5-9H2,1-4H3,(H,17,21). The first-order chi connectivity index (χ1) is 10.4. The molecule has 0 saturated carbocycles. The van der Waals surface area contributed by atoms with Crippen LogP contribution in [0.5, 0.6) is 0 Å². The number of likely N-dealkylation sites (tertiary alicyclic amines) is 1. The summed E-state index contributed by atoms with van der Waals surface area (Å²) in [5.74, 6) is 0.989. The van der Waals surface area contributed by atoms with Gasteiger partial charge in [-0.25, -0.2) is 4.79 Å². The van der Waals surface area contributed by atoms with E-state index in [2.05, 4.69) is 10.5 Å². The summed E-state index contributed by atoms with van der Waals surface area (Å²) in [4.78, 5) is 14.2. The maximum Gasteiger partial charge on any atom is 0.317 e. The van der Waals surface area contributed by atoms with Crippen molar-refractivity contribution in [1.29, 1.82) is 0 Å². The lowest BCUT2D eigenvalue weighted by atomic mass is 9.94. The zero-order chi connectivity index (χ0) is 16.3. The number of piperidine rings is 1. The predicted molar refractivity (Wildman–Crippen MR) is 83.7 cm³/mol. The van der Waals surface area contributed by atoms with Gasteiger partial charge in [0.1, 0.15) is 5.76 Å². The Morgan fingerprint density at radius 1 is 1.50 bits per heavy atom. The van der Waals surface area contributed by atoms with Gasteiger partial charge in [-0.05, 0) is 47.0 Å². The van der Waals surface area contributed by atoms with Crippen molar-refractivity contribution in [3.05, 3.63) is 17.0 Å². The Labute approximate surface area is 131 Å². The number of aliphatic hydroxyl groups excluding tert-OH is 1. The van der Waals surface area contributed by atoms with Gasteiger partial charge in [-0.15, -0.1) is 0 Å². The van der Waals surface area contributed by atoms with Crippen molar-refractivity contribution in [3.8, 4) is 0 Å². The molecule has 1 aliphatic heterocycles. The summed E-state index contributed by atoms with van der Waals surface area (Å²) in [6.45, 7) is 8.97. The van der Waals surface area contributed by atoms with E-state index in [4.69, 9.17) is 4.52 Å². The molecule has 0 bridgehead atoms. The van der Waals surface area contributed by atoms with Crippen LogP contribution in [0.25, 0.3) is 0 Å². The summed E-state index contributed by atoms with van der Waals surface area (Å²) >= 11 is 0. The number of aliphatic hydroxyl groups is 1. The van der Waals surface area contributed by atoms with Gasteiger partial charge in [0, 0.05) is 30.6 Å². The predicted octanol–water partition coefficient (Wildman–Crippen LogP) is 2.02. The molecule has 6 nitrogen and oxygen atoms in total. The molecule has 22 heavy (non-hydrogen) atoms. The summed E-state index contributed by atoms with van der Waals surface area (Å²) in [5.41, 5.74) is 1.94. The molecule has 0 radical (unpaired) electrons. The van der Waals surface area contributed by atoms with Gasteiger partial charge in [0.2, 0.25) is 0 Å². The third-order valence-electron chi connectivity index (χ3n) is 4.49. The minimum absolute atomic E-state index is 0.0104. The van der Waals surface area contributed by atoms with Crippen molar-refractivity contribution >= 4 is 6.03 Å². The third kappa shape index (κ3) is 4.00. The average Bonchev–Trinajstić information content (AvgIpc) is 2.79. The van der Waals surface area contributed by atoms with Gasteiger partial charge in [-0.1, -0.05) is 5.16 Å². The number of urea groups is 1. The van der Waals surface area contributed by atoms with Gasteiger partial charge in [-0.2, -0.15) is 0 Å². The summed E-state index contributed by atoms with van der Waals surface area (Å²) in [6.07, 6.45) is 2.27. The van der Waals surface area contributed by atoms with Crippen LogP contribution in [0.2, 0.25) is 0 Å². The lowest BCUT2D eigenvalue weighted by Crippen LogP contribution is -2.49. The smallest absolute Gasteiger partial charge is 0.317 e. The zero-order valence-corrected chi connectivity index (χ0v) is 13.9. The molecule has 1 aromatic heterocycles. The number of nitrogens with zero attached hydrogens (tertiary/aromatic N) is 2. The van der Waals surface area contributed by atoms with Crippen LogP contribution in [0.3, 0.4) is 0 Å². The number of carbonyl (C=O) groups is 1. The van der Waals surface area contributed by atoms with Crippen LogP contribution >= 0.6 is 0 Å². The molecule has 0 aromatic carbocycles. The van der Waals surface area contributed by atoms with Crippen LogP contribution in [0.1, 0.15) is 43.7 Å². The van der Waals surface area contributed by atoms with Gasteiger partial charge < -0.3 is 19.8 Å². The van der Waals surface area contributed by atoms with E-state index in [0.29, 0.717) is 13.0 Å². The molecule has 2 heterocycles. The van der Waals surface area contributed by atoms with Gasteiger partial charge in [-0.3, -0.25) is 0 Å². The first kappa shape index (κ1) is 16.8. The lowest BCUT2D eigenvalue weighted by Gasteiger charge is -2.34. The summed E-state index contributed by atoms with van der Waals surface area (Å²) in [5, 5.41) is 16.7. The van der Waals surface area contributed by atoms with Gasteiger partial charge in [0.15, 0.2) is 0 Å². The van der Waals surface area contributed by atoms with Crippen LogP contribution in [-0.2, 0) is 6.42 Å². The zero-order valence-electron chi connectivity index (χ0n) is 13.9. The molecule has 1 aromatic rings. The van der Waals surface area contributed by atoms with Crippen LogP contribution in [0.4, 0.5) is 4.79 Å². The minimum Gasteiger partial charge on any atom is -0.393 e. The summed E-state index contributed by atoms with van der Waals surface area (Å²) < 4.78 is 5.16. The van der Waals surface area contributed by atoms with E-state index in [-0.39, 0.29) is 24.1 Å². The summed E-state index contributed by atoms with van der Waals surface area (Å²) in [7, 11) is 0. The molecule has 0 aliphatic carbocycles. The molecule has 1 saturated heterocycles. The first-order valence-electron chi connectivity index (χ1n) is 8.03. The Hall–Kier alpha value is -1.56. The molecule has 6 heteroatoms. The van der Waals surface area contributed by atoms with Gasteiger partial charge >= 0.3 is 6.03 Å². The van der Waals surface area contributed by atoms with Crippen molar-refractivity contribution in [1.82, 2.24) is 15.4 Å². The quantitative estimate of drug-likeness (QED) is 0.892. The van der Waals surface area contributed by atoms with Crippen LogP contribution < -0.4 is 5.32 Å². The maximum absolute atomic E-state index is 12.4. The normalized spacial score (nSPS) is 21.5. The number of amides is 2. The number of hydrogen-bond acceptors (Lipinski definition) is 4. The molecule has 1 fully saturated rings. The van der Waals surface area contributed by atoms with Crippen LogP contribution in [-0.4, -0.2) is 46.4 Å². The molecule has 3 unspecified atom stereocenters. The fourth-order valence-electron chi connectivity index (χ4n) is 3.04. The second kappa shape index (κ2) is 7.13. The van der Waals surface area contributed by atoms with Crippen molar-refractivity contribution in [2.45, 2.75) is 59.1 Å². The highest BCUT2D eigenvalue weighted by Crippen LogP contribution is 2.20. The third-order valence-corrected chi connectivity index (χ3v) is 4.49. The molecule has 0 spiro atoms. The molecular formula is C16H27N3O3. The fraction of sp³-hybridized carbons (Fsp3) is 0.750. The minimum atomic E-state index is -0.365. The van der Waals surface area contributed by atoms with Crippen molar-refractivity contribution in [2.75, 3.05) is 13.1 Å². The average molecular weight is 309 g/mol. The van der Waals surface area contributed by atoms with Gasteiger partial charge in [0.05, 0.1) is 11.8 Å². The number of rotatable bonds is 4. The van der Waals surface area contributed by atoms with Crippen molar-refractivity contribution in [3.63, 3.8) is 0 Å². The van der Waals surface area contributed by atoms with Crippen LogP contribution in [0.15, 0.2) is 4.52 Å². The van der Waals surface area contributed by atoms with E-state index >= 15 is 0 Å². The van der Waals surface area contributed by atoms with E-state index in [9.17, 15) is 9.90 Å². The molecule has 124 valence electrons. The number of hydrogen-bond donors (Lipinski definition) is 2. The maximum atomic E-state index is 12.4. The molecule has 2 amide bonds. The molecular weight excluding hydrogens is 282 g/mol. The topological polar surface area (TPSA) is 78.6 Å². The Morgan fingerprint density at radius 2 is 2.23 bits per heavy atom. The largest absolute Gasteiger partial charge is 0.393 e. The Balaban J connectivity index is 1.88. The second-order valence-electron chi connectivity index (χ2n) is 6.45. The Kier molecular flexibility index (Phi) is 5.45. The number of nitrogens with one attached hydrogen (secondary N) is 1. The van der Waals surface area contributed by atoms with E-state index < -0.39 is 0 Å². The van der Waals surface area contributed by atoms with Crippen molar-refractivity contribution in [2.24, 2.45) is 5.92 Å². The lowest BCUT2D eigenvalue weighted by molar-refractivity contribution is 0.0734.